The third-order valence-electron chi connectivity index (χ3n) is 2.46. The van der Waals surface area contributed by atoms with Gasteiger partial charge in [0, 0.05) is 28.5 Å². The van der Waals surface area contributed by atoms with Gasteiger partial charge in [0.15, 0.2) is 0 Å². The molecule has 0 bridgehead atoms. The van der Waals surface area contributed by atoms with E-state index in [2.05, 4.69) is 81.4 Å². The van der Waals surface area contributed by atoms with Crippen molar-refractivity contribution in [3.05, 3.63) is 69.3 Å². The first kappa shape index (κ1) is 17.3. The first-order valence-corrected chi connectivity index (χ1v) is 10.1. The van der Waals surface area contributed by atoms with E-state index in [1.165, 1.54) is 19.6 Å². The summed E-state index contributed by atoms with van der Waals surface area (Å²) < 4.78 is 2.19. The molecule has 0 aromatic heterocycles. The minimum atomic E-state index is 1.09. The van der Waals surface area contributed by atoms with E-state index in [1.54, 1.807) is 35.3 Å². The standard InChI is InChI=1S/C16H12Br2S3/c1-3-19-15-9-11(5-7-13(15)17)21-12-6-8-14(18)16(10-12)20-4-2/h3-10H,1-2H2. The van der Waals surface area contributed by atoms with Gasteiger partial charge in [-0.05, 0) is 79.1 Å². The van der Waals surface area contributed by atoms with Crippen molar-refractivity contribution in [2.24, 2.45) is 0 Å². The Kier molecular flexibility index (Phi) is 7.02. The second-order valence-electron chi connectivity index (χ2n) is 3.86. The number of hydrogen-bond donors (Lipinski definition) is 0. The van der Waals surface area contributed by atoms with E-state index in [-0.39, 0.29) is 0 Å². The van der Waals surface area contributed by atoms with Crippen molar-refractivity contribution in [1.29, 1.82) is 0 Å². The van der Waals surface area contributed by atoms with Crippen molar-refractivity contribution in [2.45, 2.75) is 19.6 Å². The molecule has 0 aliphatic rings. The van der Waals surface area contributed by atoms with Crippen LogP contribution < -0.4 is 0 Å². The third kappa shape index (κ3) is 4.96. The summed E-state index contributed by atoms with van der Waals surface area (Å²) in [6.45, 7) is 7.54. The number of thioether (sulfide) groups is 2. The maximum atomic E-state index is 3.77. The van der Waals surface area contributed by atoms with Gasteiger partial charge in [-0.2, -0.15) is 0 Å². The lowest BCUT2D eigenvalue weighted by atomic mass is 10.4. The average Bonchev–Trinajstić information content (AvgIpc) is 2.47. The quantitative estimate of drug-likeness (QED) is 0.403. The lowest BCUT2D eigenvalue weighted by Gasteiger charge is -2.08. The van der Waals surface area contributed by atoms with Gasteiger partial charge in [0.25, 0.3) is 0 Å². The summed E-state index contributed by atoms with van der Waals surface area (Å²) >= 11 is 12.1. The molecule has 0 saturated heterocycles. The lowest BCUT2D eigenvalue weighted by Crippen LogP contribution is -1.79. The van der Waals surface area contributed by atoms with E-state index >= 15 is 0 Å². The summed E-state index contributed by atoms with van der Waals surface area (Å²) in [4.78, 5) is 4.76. The highest BCUT2D eigenvalue weighted by Gasteiger charge is 2.06. The Morgan fingerprint density at radius 1 is 0.762 bits per heavy atom. The van der Waals surface area contributed by atoms with Crippen molar-refractivity contribution < 1.29 is 0 Å². The molecular formula is C16H12Br2S3. The molecule has 2 aromatic carbocycles. The van der Waals surface area contributed by atoms with E-state index in [0.717, 1.165) is 8.95 Å². The van der Waals surface area contributed by atoms with Crippen LogP contribution in [0.25, 0.3) is 0 Å². The fourth-order valence-electron chi connectivity index (χ4n) is 1.59. The summed E-state index contributed by atoms with van der Waals surface area (Å²) in [5, 5.41) is 3.68. The fourth-order valence-corrected chi connectivity index (χ4v) is 4.80. The van der Waals surface area contributed by atoms with E-state index in [0.29, 0.717) is 0 Å². The predicted molar refractivity (Wildman–Crippen MR) is 105 cm³/mol. The van der Waals surface area contributed by atoms with Crippen molar-refractivity contribution in [3.8, 4) is 0 Å². The molecule has 0 saturated carbocycles. The molecule has 0 aliphatic carbocycles. The summed E-state index contributed by atoms with van der Waals surface area (Å²) in [6, 6.07) is 12.7. The molecule has 0 amide bonds. The van der Waals surface area contributed by atoms with E-state index < -0.39 is 0 Å². The maximum absolute atomic E-state index is 3.77. The van der Waals surface area contributed by atoms with Gasteiger partial charge in [-0.1, -0.05) is 48.4 Å². The molecule has 0 spiro atoms. The van der Waals surface area contributed by atoms with Crippen LogP contribution in [0.3, 0.4) is 0 Å². The predicted octanol–water partition coefficient (Wildman–Crippen LogP) is 7.83. The van der Waals surface area contributed by atoms with Gasteiger partial charge >= 0.3 is 0 Å². The van der Waals surface area contributed by atoms with E-state index in [9.17, 15) is 0 Å². The molecule has 2 aromatic rings. The molecule has 0 fully saturated rings. The molecule has 0 atom stereocenters. The van der Waals surface area contributed by atoms with Crippen LogP contribution in [0.4, 0.5) is 0 Å². The minimum Gasteiger partial charge on any atom is -0.0975 e. The van der Waals surface area contributed by atoms with Crippen LogP contribution in [0.15, 0.2) is 88.9 Å². The number of rotatable bonds is 6. The minimum absolute atomic E-state index is 1.09. The molecule has 0 N–H and O–H groups in total. The summed E-state index contributed by atoms with van der Waals surface area (Å²) in [5.41, 5.74) is 0. The van der Waals surface area contributed by atoms with Gasteiger partial charge in [-0.3, -0.25) is 0 Å². The van der Waals surface area contributed by atoms with Gasteiger partial charge in [-0.25, -0.2) is 0 Å². The van der Waals surface area contributed by atoms with Gasteiger partial charge in [-0.15, -0.1) is 0 Å². The van der Waals surface area contributed by atoms with Crippen LogP contribution >= 0.6 is 67.1 Å². The smallest absolute Gasteiger partial charge is 0.0315 e. The highest BCUT2D eigenvalue weighted by Crippen LogP contribution is 2.38. The molecule has 0 unspecified atom stereocenters. The molecular weight excluding hydrogens is 448 g/mol. The second kappa shape index (κ2) is 8.53. The fraction of sp³-hybridized carbons (Fsp3) is 0. The highest BCUT2D eigenvalue weighted by molar-refractivity contribution is 9.10. The van der Waals surface area contributed by atoms with Gasteiger partial charge in [0.1, 0.15) is 0 Å². The lowest BCUT2D eigenvalue weighted by molar-refractivity contribution is 1.27. The van der Waals surface area contributed by atoms with Gasteiger partial charge in [0.05, 0.1) is 0 Å². The van der Waals surface area contributed by atoms with Crippen molar-refractivity contribution >= 4 is 67.1 Å². The maximum Gasteiger partial charge on any atom is 0.0315 e. The SMILES string of the molecule is C=CSc1cc(Sc2ccc(Br)c(SC=C)c2)ccc1Br. The molecule has 21 heavy (non-hydrogen) atoms. The highest BCUT2D eigenvalue weighted by atomic mass is 79.9. The van der Waals surface area contributed by atoms with Crippen LogP contribution in [0.5, 0.6) is 0 Å². The molecule has 5 heteroatoms. The Balaban J connectivity index is 2.25. The molecule has 0 aliphatic heterocycles. The molecule has 108 valence electrons. The van der Waals surface area contributed by atoms with Gasteiger partial charge < -0.3 is 0 Å². The zero-order valence-corrected chi connectivity index (χ0v) is 16.6. The molecule has 0 radical (unpaired) electrons. The first-order chi connectivity index (χ1) is 10.1. The zero-order chi connectivity index (χ0) is 15.2. The Bertz CT molecular complexity index is 611. The average molecular weight is 460 g/mol. The van der Waals surface area contributed by atoms with Crippen molar-refractivity contribution in [1.82, 2.24) is 0 Å². The van der Waals surface area contributed by atoms with Crippen LogP contribution in [0.1, 0.15) is 0 Å². The monoisotopic (exact) mass is 458 g/mol. The summed E-state index contributed by atoms with van der Waals surface area (Å²) in [5.74, 6) is 0. The van der Waals surface area contributed by atoms with Crippen LogP contribution in [-0.4, -0.2) is 0 Å². The Morgan fingerprint density at radius 2 is 1.19 bits per heavy atom. The largest absolute Gasteiger partial charge is 0.0975 e. The van der Waals surface area contributed by atoms with Crippen molar-refractivity contribution in [3.63, 3.8) is 0 Å². The Morgan fingerprint density at radius 3 is 1.57 bits per heavy atom. The van der Waals surface area contributed by atoms with Gasteiger partial charge in [0.2, 0.25) is 0 Å². The topological polar surface area (TPSA) is 0 Å². The summed E-state index contributed by atoms with van der Waals surface area (Å²) in [7, 11) is 0. The van der Waals surface area contributed by atoms with Crippen LogP contribution in [0, 0.1) is 0 Å². The zero-order valence-electron chi connectivity index (χ0n) is 11.0. The van der Waals surface area contributed by atoms with E-state index in [1.807, 2.05) is 10.8 Å². The Hall–Kier alpha value is -0.0700. The normalized spacial score (nSPS) is 10.4. The summed E-state index contributed by atoms with van der Waals surface area (Å²) in [6.07, 6.45) is 0. The second-order valence-corrected chi connectivity index (χ2v) is 8.73. The Labute approximate surface area is 155 Å². The van der Waals surface area contributed by atoms with E-state index in [4.69, 9.17) is 0 Å². The molecule has 0 heterocycles. The van der Waals surface area contributed by atoms with Crippen molar-refractivity contribution in [2.75, 3.05) is 0 Å². The number of benzene rings is 2. The number of hydrogen-bond acceptors (Lipinski definition) is 3. The third-order valence-corrected chi connectivity index (χ3v) is 6.87. The van der Waals surface area contributed by atoms with Crippen LogP contribution in [-0.2, 0) is 0 Å². The van der Waals surface area contributed by atoms with Crippen LogP contribution in [0.2, 0.25) is 0 Å². The molecule has 0 nitrogen and oxygen atoms in total. The molecule has 2 rings (SSSR count). The number of halogens is 2. The first-order valence-electron chi connectivity index (χ1n) is 5.96.